The number of fused-ring (bicyclic) bond motifs is 1. The first kappa shape index (κ1) is 24.0. The van der Waals surface area contributed by atoms with Crippen molar-refractivity contribution in [3.63, 3.8) is 0 Å². The summed E-state index contributed by atoms with van der Waals surface area (Å²) in [4.78, 5) is 11.1. The Hall–Kier alpha value is -2.68. The minimum atomic E-state index is -0.538. The van der Waals surface area contributed by atoms with E-state index in [0.717, 1.165) is 51.6 Å². The number of hydrogen-bond acceptors (Lipinski definition) is 7. The van der Waals surface area contributed by atoms with Gasteiger partial charge in [0.05, 0.1) is 35.5 Å². The molecule has 0 bridgehead atoms. The number of ether oxygens (including phenoxy) is 2. The Morgan fingerprint density at radius 1 is 1.11 bits per heavy atom. The minimum Gasteiger partial charge on any atom is -0.493 e. The van der Waals surface area contributed by atoms with Gasteiger partial charge in [-0.05, 0) is 63.3 Å². The van der Waals surface area contributed by atoms with Gasteiger partial charge < -0.3 is 19.9 Å². The molecule has 5 rings (SSSR count). The van der Waals surface area contributed by atoms with Crippen molar-refractivity contribution >= 4 is 34.0 Å². The number of piperidine rings is 1. The van der Waals surface area contributed by atoms with Gasteiger partial charge in [-0.3, -0.25) is 4.90 Å². The van der Waals surface area contributed by atoms with Gasteiger partial charge in [-0.15, -0.1) is 0 Å². The molecule has 186 valence electrons. The fourth-order valence-electron chi connectivity index (χ4n) is 5.17. The van der Waals surface area contributed by atoms with E-state index in [1.54, 1.807) is 19.2 Å². The Labute approximate surface area is 209 Å². The molecule has 1 aliphatic heterocycles. The molecule has 9 heteroatoms. The molecule has 3 aromatic rings. The molecule has 0 amide bonds. The van der Waals surface area contributed by atoms with Gasteiger partial charge in [-0.2, -0.15) is 0 Å². The highest BCUT2D eigenvalue weighted by atomic mass is 35.5. The number of hydrogen-bond donors (Lipinski definition) is 2. The van der Waals surface area contributed by atoms with Crippen LogP contribution in [-0.2, 0) is 0 Å². The summed E-state index contributed by atoms with van der Waals surface area (Å²) in [6.45, 7) is 1.84. The van der Waals surface area contributed by atoms with E-state index in [-0.39, 0.29) is 22.9 Å². The fourth-order valence-corrected chi connectivity index (χ4v) is 5.34. The predicted molar refractivity (Wildman–Crippen MR) is 134 cm³/mol. The second-order valence-corrected chi connectivity index (χ2v) is 9.72. The average molecular weight is 501 g/mol. The van der Waals surface area contributed by atoms with E-state index in [1.807, 2.05) is 12.1 Å². The maximum Gasteiger partial charge on any atom is 0.165 e. The summed E-state index contributed by atoms with van der Waals surface area (Å²) in [7, 11) is 1.61. The molecule has 0 radical (unpaired) electrons. The monoisotopic (exact) mass is 500 g/mol. The first-order valence-electron chi connectivity index (χ1n) is 12.1. The Bertz CT molecular complexity index is 1190. The third-order valence-electron chi connectivity index (χ3n) is 7.01. The van der Waals surface area contributed by atoms with Crippen molar-refractivity contribution in [3.8, 4) is 11.5 Å². The highest BCUT2D eigenvalue weighted by Gasteiger charge is 2.30. The van der Waals surface area contributed by atoms with Crippen molar-refractivity contribution in [1.82, 2.24) is 14.9 Å². The van der Waals surface area contributed by atoms with Gasteiger partial charge in [0, 0.05) is 24.0 Å². The van der Waals surface area contributed by atoms with Gasteiger partial charge in [0.2, 0.25) is 0 Å². The predicted octanol–water partition coefficient (Wildman–Crippen LogP) is 5.32. The third-order valence-corrected chi connectivity index (χ3v) is 7.30. The summed E-state index contributed by atoms with van der Waals surface area (Å²) < 4.78 is 26.5. The zero-order valence-corrected chi connectivity index (χ0v) is 20.5. The molecular weight excluding hydrogens is 471 g/mol. The number of anilines is 2. The van der Waals surface area contributed by atoms with Crippen molar-refractivity contribution < 1.29 is 19.0 Å². The molecule has 1 saturated carbocycles. The smallest absolute Gasteiger partial charge is 0.165 e. The lowest BCUT2D eigenvalue weighted by molar-refractivity contribution is 0.0217. The van der Waals surface area contributed by atoms with Gasteiger partial charge in [-0.25, -0.2) is 14.4 Å². The maximum absolute atomic E-state index is 14.5. The van der Waals surface area contributed by atoms with Crippen LogP contribution in [0.2, 0.25) is 5.02 Å². The van der Waals surface area contributed by atoms with Gasteiger partial charge in [-0.1, -0.05) is 17.7 Å². The second-order valence-electron chi connectivity index (χ2n) is 9.31. The van der Waals surface area contributed by atoms with Gasteiger partial charge >= 0.3 is 0 Å². The van der Waals surface area contributed by atoms with Crippen molar-refractivity contribution in [2.24, 2.45) is 0 Å². The number of nitrogens with zero attached hydrogens (tertiary/aromatic N) is 3. The first-order chi connectivity index (χ1) is 17.0. The lowest BCUT2D eigenvalue weighted by atomic mass is 9.90. The summed E-state index contributed by atoms with van der Waals surface area (Å²) in [6, 6.07) is 8.95. The van der Waals surface area contributed by atoms with Crippen molar-refractivity contribution in [1.29, 1.82) is 0 Å². The topological polar surface area (TPSA) is 79.7 Å². The zero-order chi connectivity index (χ0) is 24.4. The van der Waals surface area contributed by atoms with E-state index in [4.69, 9.17) is 21.1 Å². The van der Waals surface area contributed by atoms with Crippen LogP contribution in [0, 0.1) is 5.82 Å². The summed E-state index contributed by atoms with van der Waals surface area (Å²) in [5, 5.41) is 13.8. The molecule has 1 aliphatic carbocycles. The molecule has 2 fully saturated rings. The molecule has 2 N–H and O–H groups in total. The minimum absolute atomic E-state index is 0.0359. The molecule has 2 aromatic carbocycles. The molecule has 1 atom stereocenters. The normalized spacial score (nSPS) is 23.3. The number of β-amino-alcohol motifs (C(OH)–C–C–N with tert-alkyl or cyclic N) is 1. The fraction of sp³-hybridized carbons (Fsp3) is 0.462. The van der Waals surface area contributed by atoms with E-state index in [1.165, 1.54) is 12.4 Å². The van der Waals surface area contributed by atoms with E-state index < -0.39 is 5.82 Å². The molecule has 1 aromatic heterocycles. The summed E-state index contributed by atoms with van der Waals surface area (Å²) >= 11 is 5.94. The van der Waals surface area contributed by atoms with Crippen LogP contribution in [0.5, 0.6) is 11.5 Å². The number of methoxy groups -OCH3 is 1. The Kier molecular flexibility index (Phi) is 7.22. The number of aliphatic hydroxyl groups is 1. The van der Waals surface area contributed by atoms with Gasteiger partial charge in [0.1, 0.15) is 12.1 Å². The second kappa shape index (κ2) is 10.5. The zero-order valence-electron chi connectivity index (χ0n) is 19.7. The van der Waals surface area contributed by atoms with Crippen LogP contribution >= 0.6 is 11.6 Å². The number of halogens is 2. The summed E-state index contributed by atoms with van der Waals surface area (Å²) in [6.07, 6.45) is 7.19. The molecule has 1 saturated heterocycles. The van der Waals surface area contributed by atoms with Crippen LogP contribution in [0.1, 0.15) is 38.5 Å². The van der Waals surface area contributed by atoms with Gasteiger partial charge in [0.25, 0.3) is 0 Å². The van der Waals surface area contributed by atoms with E-state index in [9.17, 15) is 9.50 Å². The van der Waals surface area contributed by atoms with E-state index in [2.05, 4.69) is 20.2 Å². The summed E-state index contributed by atoms with van der Waals surface area (Å²) in [5.41, 5.74) is 0.887. The maximum atomic E-state index is 14.5. The van der Waals surface area contributed by atoms with Crippen molar-refractivity contribution in [2.45, 2.75) is 56.8 Å². The standard InChI is InChI=1S/C26H30ClFN4O3/c1-34-23-13-22-19(26(30-15-29-22)31-21-6-2-5-20(27)25(21)28)12-24(23)35-18-9-7-16(8-10-18)32-11-3-4-17(33)14-32/h2,5-6,12-13,15-18,33H,3-4,7-11,14H2,1H3,(H,29,30,31)/t16-,17?,18+. The molecule has 2 heterocycles. The van der Waals surface area contributed by atoms with Crippen LogP contribution in [-0.4, -0.2) is 58.4 Å². The Morgan fingerprint density at radius 2 is 1.94 bits per heavy atom. The van der Waals surface area contributed by atoms with Crippen LogP contribution in [0.15, 0.2) is 36.7 Å². The SMILES string of the molecule is COc1cc2ncnc(Nc3cccc(Cl)c3F)c2cc1O[C@H]1CC[C@@H](N2CCCC(O)C2)CC1. The van der Waals surface area contributed by atoms with E-state index >= 15 is 0 Å². The van der Waals surface area contributed by atoms with Crippen LogP contribution in [0.4, 0.5) is 15.9 Å². The molecule has 0 spiro atoms. The van der Waals surface area contributed by atoms with Crippen LogP contribution in [0.25, 0.3) is 10.9 Å². The number of benzene rings is 2. The highest BCUT2D eigenvalue weighted by molar-refractivity contribution is 6.31. The molecular formula is C26H30ClFN4O3. The number of nitrogens with one attached hydrogen (secondary N) is 1. The Balaban J connectivity index is 1.34. The molecule has 7 nitrogen and oxygen atoms in total. The lowest BCUT2D eigenvalue weighted by Gasteiger charge is -2.40. The summed E-state index contributed by atoms with van der Waals surface area (Å²) in [5.74, 6) is 1.12. The van der Waals surface area contributed by atoms with E-state index in [0.29, 0.717) is 34.3 Å². The van der Waals surface area contributed by atoms with Crippen LogP contribution < -0.4 is 14.8 Å². The number of aliphatic hydroxyl groups excluding tert-OH is 1. The lowest BCUT2D eigenvalue weighted by Crippen LogP contribution is -2.46. The third kappa shape index (κ3) is 5.29. The first-order valence-corrected chi connectivity index (χ1v) is 12.5. The largest absolute Gasteiger partial charge is 0.493 e. The average Bonchev–Trinajstić information content (AvgIpc) is 2.87. The van der Waals surface area contributed by atoms with Crippen LogP contribution in [0.3, 0.4) is 0 Å². The highest BCUT2D eigenvalue weighted by Crippen LogP contribution is 2.38. The molecule has 2 aliphatic rings. The molecule has 35 heavy (non-hydrogen) atoms. The Morgan fingerprint density at radius 3 is 2.71 bits per heavy atom. The number of aromatic nitrogens is 2. The number of likely N-dealkylation sites (tertiary alicyclic amines) is 1. The van der Waals surface area contributed by atoms with Crippen molar-refractivity contribution in [2.75, 3.05) is 25.5 Å². The van der Waals surface area contributed by atoms with Gasteiger partial charge in [0.15, 0.2) is 17.3 Å². The number of rotatable bonds is 6. The van der Waals surface area contributed by atoms with Crippen molar-refractivity contribution in [3.05, 3.63) is 47.5 Å². The quantitative estimate of drug-likeness (QED) is 0.474. The molecule has 1 unspecified atom stereocenters.